The van der Waals surface area contributed by atoms with Crippen molar-refractivity contribution in [2.45, 2.75) is 36.6 Å². The summed E-state index contributed by atoms with van der Waals surface area (Å²) in [4.78, 5) is 15.3. The maximum absolute atomic E-state index is 13.3. The van der Waals surface area contributed by atoms with Crippen LogP contribution in [-0.2, 0) is 10.0 Å². The van der Waals surface area contributed by atoms with E-state index in [2.05, 4.69) is 10.6 Å². The van der Waals surface area contributed by atoms with Gasteiger partial charge in [0.25, 0.3) is 5.91 Å². The molecule has 0 saturated carbocycles. The largest absolute Gasteiger partial charge is 0.497 e. The molecule has 2 aromatic rings. The number of carbonyl (C=O) groups is 1. The summed E-state index contributed by atoms with van der Waals surface area (Å²) in [5, 5.41) is 0. The van der Waals surface area contributed by atoms with Gasteiger partial charge in [0, 0.05) is 12.1 Å². The second-order valence-corrected chi connectivity index (χ2v) is 8.96. The molecule has 0 aliphatic carbocycles. The topological polar surface area (TPSA) is 75.7 Å². The fourth-order valence-corrected chi connectivity index (χ4v) is 4.62. The highest BCUT2D eigenvalue weighted by Crippen LogP contribution is 2.32. The molecule has 30 heavy (non-hydrogen) atoms. The first-order valence-electron chi connectivity index (χ1n) is 9.94. The summed E-state index contributed by atoms with van der Waals surface area (Å²) >= 11 is 0. The van der Waals surface area contributed by atoms with Gasteiger partial charge in [0.15, 0.2) is 0 Å². The van der Waals surface area contributed by atoms with Crippen LogP contribution in [0.25, 0.3) is 0 Å². The van der Waals surface area contributed by atoms with Crippen molar-refractivity contribution in [3.8, 4) is 18.1 Å². The minimum absolute atomic E-state index is 0.0217. The fraction of sp³-hybridized carbons (Fsp3) is 0.348. The third kappa shape index (κ3) is 5.02. The van der Waals surface area contributed by atoms with Crippen LogP contribution >= 0.6 is 0 Å². The predicted octanol–water partition coefficient (Wildman–Crippen LogP) is 3.36. The maximum Gasteiger partial charge on any atom is 0.254 e. The number of rotatable bonds is 6. The highest BCUT2D eigenvalue weighted by Gasteiger charge is 2.28. The molecule has 0 bridgehead atoms. The Balaban J connectivity index is 1.84. The lowest BCUT2D eigenvalue weighted by Crippen LogP contribution is -2.34. The van der Waals surface area contributed by atoms with Gasteiger partial charge in [-0.25, -0.2) is 8.42 Å². The number of sulfonamides is 1. The van der Waals surface area contributed by atoms with Gasteiger partial charge in [-0.1, -0.05) is 30.9 Å². The van der Waals surface area contributed by atoms with Crippen LogP contribution in [0.3, 0.4) is 0 Å². The number of benzene rings is 2. The summed E-state index contributed by atoms with van der Waals surface area (Å²) < 4.78 is 31.9. The summed E-state index contributed by atoms with van der Waals surface area (Å²) in [5.41, 5.74) is 1.54. The summed E-state index contributed by atoms with van der Waals surface area (Å²) in [7, 11) is -2.06. The Morgan fingerprint density at radius 3 is 2.47 bits per heavy atom. The van der Waals surface area contributed by atoms with Crippen LogP contribution in [0.15, 0.2) is 53.4 Å². The lowest BCUT2D eigenvalue weighted by Gasteiger charge is -2.31. The van der Waals surface area contributed by atoms with Gasteiger partial charge in [0.05, 0.1) is 24.6 Å². The van der Waals surface area contributed by atoms with Crippen molar-refractivity contribution in [2.24, 2.45) is 0 Å². The third-order valence-corrected chi connectivity index (χ3v) is 6.71. The Kier molecular flexibility index (Phi) is 7.14. The van der Waals surface area contributed by atoms with Gasteiger partial charge in [0.1, 0.15) is 5.75 Å². The number of terminal acetylenes is 1. The van der Waals surface area contributed by atoms with E-state index in [1.165, 1.54) is 12.1 Å². The van der Waals surface area contributed by atoms with Gasteiger partial charge >= 0.3 is 0 Å². The molecule has 3 rings (SSSR count). The average molecular weight is 427 g/mol. The van der Waals surface area contributed by atoms with Crippen molar-refractivity contribution in [2.75, 3.05) is 20.2 Å². The minimum Gasteiger partial charge on any atom is -0.497 e. The molecule has 158 valence electrons. The van der Waals surface area contributed by atoms with Gasteiger partial charge in [0.2, 0.25) is 10.0 Å². The van der Waals surface area contributed by atoms with Gasteiger partial charge in [-0.3, -0.25) is 4.79 Å². The molecule has 1 unspecified atom stereocenters. The number of ether oxygens (including phenoxy) is 1. The lowest BCUT2D eigenvalue weighted by atomic mass is 10.00. The van der Waals surface area contributed by atoms with Crippen LogP contribution in [-0.4, -0.2) is 39.4 Å². The maximum atomic E-state index is 13.3. The van der Waals surface area contributed by atoms with E-state index in [0.29, 0.717) is 12.1 Å². The minimum atomic E-state index is -3.69. The Morgan fingerprint density at radius 1 is 1.13 bits per heavy atom. The number of nitrogens with one attached hydrogen (secondary N) is 1. The third-order valence-electron chi connectivity index (χ3n) is 5.29. The average Bonchev–Trinajstić information content (AvgIpc) is 3.03. The second kappa shape index (κ2) is 9.79. The molecule has 1 heterocycles. The molecule has 1 atom stereocenters. The van der Waals surface area contributed by atoms with E-state index in [1.807, 2.05) is 29.2 Å². The molecular formula is C23H26N2O4S. The molecule has 0 radical (unpaired) electrons. The van der Waals surface area contributed by atoms with Crippen LogP contribution in [0.2, 0.25) is 0 Å². The number of hydrogen-bond donors (Lipinski definition) is 1. The smallest absolute Gasteiger partial charge is 0.254 e. The van der Waals surface area contributed by atoms with Crippen molar-refractivity contribution in [1.82, 2.24) is 9.62 Å². The van der Waals surface area contributed by atoms with E-state index >= 15 is 0 Å². The summed E-state index contributed by atoms with van der Waals surface area (Å²) in [6.07, 6.45) is 9.08. The van der Waals surface area contributed by atoms with E-state index < -0.39 is 10.0 Å². The molecule has 0 aromatic heterocycles. The van der Waals surface area contributed by atoms with Crippen LogP contribution in [0.5, 0.6) is 5.75 Å². The first-order chi connectivity index (χ1) is 14.5. The van der Waals surface area contributed by atoms with Crippen molar-refractivity contribution in [3.63, 3.8) is 0 Å². The Morgan fingerprint density at radius 2 is 1.83 bits per heavy atom. The number of likely N-dealkylation sites (tertiary alicyclic amines) is 1. The normalized spacial score (nSPS) is 17.1. The van der Waals surface area contributed by atoms with Crippen LogP contribution in [0.4, 0.5) is 0 Å². The first kappa shape index (κ1) is 21.9. The monoisotopic (exact) mass is 426 g/mol. The number of amides is 1. The number of nitrogens with zero attached hydrogens (tertiary/aromatic N) is 1. The van der Waals surface area contributed by atoms with E-state index in [9.17, 15) is 13.2 Å². The van der Waals surface area contributed by atoms with Gasteiger partial charge in [-0.15, -0.1) is 6.42 Å². The van der Waals surface area contributed by atoms with Gasteiger partial charge in [-0.05, 0) is 54.8 Å². The van der Waals surface area contributed by atoms with Crippen molar-refractivity contribution in [3.05, 3.63) is 59.7 Å². The quantitative estimate of drug-likeness (QED) is 0.719. The molecule has 6 nitrogen and oxygen atoms in total. The molecule has 1 aliphatic heterocycles. The fourth-order valence-electron chi connectivity index (χ4n) is 3.69. The number of methoxy groups -OCH3 is 1. The molecule has 0 spiro atoms. The SMILES string of the molecule is C#CCNS(=O)(=O)c1ccc(C(=O)N2CCCCCC2c2ccc(OC)cc2)cc1. The molecule has 1 fully saturated rings. The van der Waals surface area contributed by atoms with Crippen molar-refractivity contribution < 1.29 is 17.9 Å². The second-order valence-electron chi connectivity index (χ2n) is 7.19. The van der Waals surface area contributed by atoms with Gasteiger partial charge in [-0.2, -0.15) is 4.72 Å². The highest BCUT2D eigenvalue weighted by atomic mass is 32.2. The van der Waals surface area contributed by atoms with Gasteiger partial charge < -0.3 is 9.64 Å². The highest BCUT2D eigenvalue weighted by molar-refractivity contribution is 7.89. The molecule has 2 aromatic carbocycles. The Bertz CT molecular complexity index is 1010. The lowest BCUT2D eigenvalue weighted by molar-refractivity contribution is 0.0681. The van der Waals surface area contributed by atoms with E-state index in [-0.39, 0.29) is 23.4 Å². The van der Waals surface area contributed by atoms with Crippen LogP contribution in [0.1, 0.15) is 47.6 Å². The zero-order valence-corrected chi connectivity index (χ0v) is 17.8. The molecule has 7 heteroatoms. The zero-order valence-electron chi connectivity index (χ0n) is 17.0. The van der Waals surface area contributed by atoms with Crippen LogP contribution in [0, 0.1) is 12.3 Å². The predicted molar refractivity (Wildman–Crippen MR) is 116 cm³/mol. The molecular weight excluding hydrogens is 400 g/mol. The van der Waals surface area contributed by atoms with Crippen molar-refractivity contribution >= 4 is 15.9 Å². The molecule has 1 saturated heterocycles. The summed E-state index contributed by atoms with van der Waals surface area (Å²) in [5.74, 6) is 2.92. The number of carbonyl (C=O) groups excluding carboxylic acids is 1. The summed E-state index contributed by atoms with van der Waals surface area (Å²) in [6, 6.07) is 13.8. The standard InChI is InChI=1S/C23H26N2O4S/c1-3-16-24-30(27,28)21-14-10-19(11-15-21)23(26)25-17-6-4-5-7-22(25)18-8-12-20(29-2)13-9-18/h1,8-15,22,24H,4-7,16-17H2,2H3. The van der Waals surface area contributed by atoms with Crippen molar-refractivity contribution in [1.29, 1.82) is 0 Å². The van der Waals surface area contributed by atoms with E-state index in [4.69, 9.17) is 11.2 Å². The number of hydrogen-bond acceptors (Lipinski definition) is 4. The zero-order chi connectivity index (χ0) is 21.6. The van der Waals surface area contributed by atoms with E-state index in [0.717, 1.165) is 37.0 Å². The Hall–Kier alpha value is -2.82. The molecule has 1 N–H and O–H groups in total. The molecule has 1 aliphatic rings. The Labute approximate surface area is 178 Å². The van der Waals surface area contributed by atoms with Crippen LogP contribution < -0.4 is 9.46 Å². The van der Waals surface area contributed by atoms with E-state index in [1.54, 1.807) is 19.2 Å². The first-order valence-corrected chi connectivity index (χ1v) is 11.4. The summed E-state index contributed by atoms with van der Waals surface area (Å²) in [6.45, 7) is 0.583. The molecule has 1 amide bonds.